The topological polar surface area (TPSA) is 81.7 Å². The Morgan fingerprint density at radius 3 is 2.19 bits per heavy atom. The van der Waals surface area contributed by atoms with Crippen molar-refractivity contribution in [1.82, 2.24) is 15.5 Å². The lowest BCUT2D eigenvalue weighted by Gasteiger charge is -2.17. The quantitative estimate of drug-likeness (QED) is 0.553. The summed E-state index contributed by atoms with van der Waals surface area (Å²) in [5.41, 5.74) is 0. The monoisotopic (exact) mass is 231 g/mol. The molecule has 0 atom stereocenters. The van der Waals surface area contributed by atoms with E-state index in [1.54, 1.807) is 0 Å². The molecule has 6 heteroatoms. The number of carbonyl (C=O) groups is 2. The first kappa shape index (κ1) is 14.7. The Morgan fingerprint density at radius 1 is 1.12 bits per heavy atom. The summed E-state index contributed by atoms with van der Waals surface area (Å²) in [7, 11) is 0. The van der Waals surface area contributed by atoms with Crippen LogP contribution in [0.25, 0.3) is 0 Å². The van der Waals surface area contributed by atoms with Gasteiger partial charge in [-0.1, -0.05) is 13.8 Å². The number of urea groups is 1. The molecule has 0 aromatic carbocycles. The van der Waals surface area contributed by atoms with Gasteiger partial charge in [-0.05, 0) is 13.1 Å². The second kappa shape index (κ2) is 8.96. The van der Waals surface area contributed by atoms with Crippen LogP contribution in [0.3, 0.4) is 0 Å². The van der Waals surface area contributed by atoms with Crippen LogP contribution in [0, 0.1) is 0 Å². The van der Waals surface area contributed by atoms with Crippen molar-refractivity contribution < 1.29 is 14.7 Å². The van der Waals surface area contributed by atoms with Crippen molar-refractivity contribution in [2.45, 2.75) is 20.3 Å². The van der Waals surface area contributed by atoms with Gasteiger partial charge in [0, 0.05) is 19.6 Å². The Labute approximate surface area is 96.0 Å². The zero-order valence-corrected chi connectivity index (χ0v) is 9.95. The molecule has 3 N–H and O–H groups in total. The fraction of sp³-hybridized carbons (Fsp3) is 0.800. The van der Waals surface area contributed by atoms with E-state index in [9.17, 15) is 9.59 Å². The average molecular weight is 231 g/mol. The first-order chi connectivity index (χ1) is 7.60. The van der Waals surface area contributed by atoms with Crippen molar-refractivity contribution >= 4 is 12.0 Å². The number of hydrogen-bond acceptors (Lipinski definition) is 3. The molecule has 0 radical (unpaired) electrons. The normalized spacial score (nSPS) is 10.2. The summed E-state index contributed by atoms with van der Waals surface area (Å²) in [4.78, 5) is 23.5. The molecule has 16 heavy (non-hydrogen) atoms. The SMILES string of the molecule is CCN(CC)CCNC(=O)NCCC(=O)O. The molecule has 0 rings (SSSR count). The van der Waals surface area contributed by atoms with E-state index in [2.05, 4.69) is 29.4 Å². The van der Waals surface area contributed by atoms with Crippen molar-refractivity contribution in [3.8, 4) is 0 Å². The highest BCUT2D eigenvalue weighted by Crippen LogP contribution is 1.84. The largest absolute Gasteiger partial charge is 0.481 e. The molecule has 0 saturated carbocycles. The van der Waals surface area contributed by atoms with Gasteiger partial charge in [0.25, 0.3) is 0 Å². The van der Waals surface area contributed by atoms with Gasteiger partial charge in [-0.25, -0.2) is 4.79 Å². The summed E-state index contributed by atoms with van der Waals surface area (Å²) < 4.78 is 0. The van der Waals surface area contributed by atoms with Crippen LogP contribution < -0.4 is 10.6 Å². The molecular formula is C10H21N3O3. The molecule has 0 spiro atoms. The first-order valence-corrected chi connectivity index (χ1v) is 5.56. The van der Waals surface area contributed by atoms with E-state index in [1.165, 1.54) is 0 Å². The Kier molecular flexibility index (Phi) is 8.24. The predicted molar refractivity (Wildman–Crippen MR) is 61.4 cm³/mol. The van der Waals surface area contributed by atoms with Crippen molar-refractivity contribution in [2.24, 2.45) is 0 Å². The Bertz CT molecular complexity index is 217. The summed E-state index contributed by atoms with van der Waals surface area (Å²) in [6.45, 7) is 7.58. The van der Waals surface area contributed by atoms with Gasteiger partial charge in [0.15, 0.2) is 0 Å². The number of rotatable bonds is 8. The van der Waals surface area contributed by atoms with Crippen LogP contribution in [0.5, 0.6) is 0 Å². The van der Waals surface area contributed by atoms with E-state index in [0.717, 1.165) is 19.6 Å². The van der Waals surface area contributed by atoms with Crippen LogP contribution >= 0.6 is 0 Å². The molecule has 0 fully saturated rings. The third kappa shape index (κ3) is 8.05. The number of likely N-dealkylation sites (N-methyl/N-ethyl adjacent to an activating group) is 1. The Balaban J connectivity index is 3.46. The summed E-state index contributed by atoms with van der Waals surface area (Å²) >= 11 is 0. The number of nitrogens with zero attached hydrogens (tertiary/aromatic N) is 1. The molecule has 0 aliphatic rings. The van der Waals surface area contributed by atoms with Crippen molar-refractivity contribution in [1.29, 1.82) is 0 Å². The summed E-state index contributed by atoms with van der Waals surface area (Å²) in [5, 5.41) is 13.5. The van der Waals surface area contributed by atoms with Crippen LogP contribution in [0.1, 0.15) is 20.3 Å². The van der Waals surface area contributed by atoms with E-state index >= 15 is 0 Å². The molecule has 0 aliphatic heterocycles. The molecule has 6 nitrogen and oxygen atoms in total. The summed E-state index contributed by atoms with van der Waals surface area (Å²) in [6.07, 6.45) is -0.0521. The number of carboxylic acids is 1. The highest BCUT2D eigenvalue weighted by atomic mass is 16.4. The minimum Gasteiger partial charge on any atom is -0.481 e. The second-order valence-corrected chi connectivity index (χ2v) is 3.35. The number of aliphatic carboxylic acids is 1. The Morgan fingerprint density at radius 2 is 1.69 bits per heavy atom. The van der Waals surface area contributed by atoms with Gasteiger partial charge in [-0.15, -0.1) is 0 Å². The highest BCUT2D eigenvalue weighted by Gasteiger charge is 2.02. The predicted octanol–water partition coefficient (Wildman–Crippen LogP) is 0.102. The molecule has 0 heterocycles. The van der Waals surface area contributed by atoms with Gasteiger partial charge in [0.2, 0.25) is 0 Å². The van der Waals surface area contributed by atoms with Gasteiger partial charge < -0.3 is 20.6 Å². The fourth-order valence-corrected chi connectivity index (χ4v) is 1.21. The molecule has 0 aromatic rings. The molecule has 0 unspecified atom stereocenters. The van der Waals surface area contributed by atoms with Crippen molar-refractivity contribution in [3.63, 3.8) is 0 Å². The Hall–Kier alpha value is -1.30. The van der Waals surface area contributed by atoms with Gasteiger partial charge in [-0.3, -0.25) is 4.79 Å². The van der Waals surface area contributed by atoms with E-state index in [-0.39, 0.29) is 19.0 Å². The number of nitrogens with one attached hydrogen (secondary N) is 2. The first-order valence-electron chi connectivity index (χ1n) is 5.56. The fourth-order valence-electron chi connectivity index (χ4n) is 1.21. The van der Waals surface area contributed by atoms with Gasteiger partial charge in [-0.2, -0.15) is 0 Å². The molecule has 0 saturated heterocycles. The molecule has 2 amide bonds. The lowest BCUT2D eigenvalue weighted by molar-refractivity contribution is -0.136. The van der Waals surface area contributed by atoms with Crippen molar-refractivity contribution in [2.75, 3.05) is 32.7 Å². The van der Waals surface area contributed by atoms with Crippen LogP contribution in [0.2, 0.25) is 0 Å². The third-order valence-corrected chi connectivity index (χ3v) is 2.23. The van der Waals surface area contributed by atoms with Gasteiger partial charge >= 0.3 is 12.0 Å². The lowest BCUT2D eigenvalue weighted by Crippen LogP contribution is -2.40. The van der Waals surface area contributed by atoms with E-state index in [4.69, 9.17) is 5.11 Å². The van der Waals surface area contributed by atoms with E-state index in [1.807, 2.05) is 0 Å². The minimum absolute atomic E-state index is 0.0521. The van der Waals surface area contributed by atoms with Gasteiger partial charge in [0.1, 0.15) is 0 Å². The zero-order valence-electron chi connectivity index (χ0n) is 9.95. The summed E-state index contributed by atoms with van der Waals surface area (Å²) in [5.74, 6) is -0.913. The van der Waals surface area contributed by atoms with E-state index < -0.39 is 5.97 Å². The van der Waals surface area contributed by atoms with Crippen molar-refractivity contribution in [3.05, 3.63) is 0 Å². The molecule has 0 bridgehead atoms. The maximum Gasteiger partial charge on any atom is 0.314 e. The second-order valence-electron chi connectivity index (χ2n) is 3.35. The van der Waals surface area contributed by atoms with Crippen LogP contribution in [-0.4, -0.2) is 54.7 Å². The molecule has 94 valence electrons. The lowest BCUT2D eigenvalue weighted by atomic mass is 10.4. The highest BCUT2D eigenvalue weighted by molar-refractivity contribution is 5.74. The van der Waals surface area contributed by atoms with Crippen LogP contribution in [-0.2, 0) is 4.79 Å². The smallest absolute Gasteiger partial charge is 0.314 e. The minimum atomic E-state index is -0.913. The third-order valence-electron chi connectivity index (χ3n) is 2.23. The average Bonchev–Trinajstić information content (AvgIpc) is 2.24. The maximum absolute atomic E-state index is 11.1. The maximum atomic E-state index is 11.1. The number of carboxylic acid groups (broad SMARTS) is 1. The molecule has 0 aromatic heterocycles. The summed E-state index contributed by atoms with van der Waals surface area (Å²) in [6, 6.07) is -0.312. The molecule has 0 aliphatic carbocycles. The van der Waals surface area contributed by atoms with E-state index in [0.29, 0.717) is 6.54 Å². The van der Waals surface area contributed by atoms with Gasteiger partial charge in [0.05, 0.1) is 6.42 Å². The number of amides is 2. The molecular weight excluding hydrogens is 210 g/mol. The van der Waals surface area contributed by atoms with Crippen LogP contribution in [0.4, 0.5) is 4.79 Å². The standard InChI is InChI=1S/C10H21N3O3/c1-3-13(4-2)8-7-12-10(16)11-6-5-9(14)15/h3-8H2,1-2H3,(H,14,15)(H2,11,12,16). The zero-order chi connectivity index (χ0) is 12.4. The number of hydrogen-bond donors (Lipinski definition) is 3. The van der Waals surface area contributed by atoms with Crippen LogP contribution in [0.15, 0.2) is 0 Å². The number of carbonyl (C=O) groups excluding carboxylic acids is 1.